The van der Waals surface area contributed by atoms with E-state index in [1.165, 1.54) is 50.4 Å². The zero-order valence-electron chi connectivity index (χ0n) is 17.2. The first kappa shape index (κ1) is 21.7. The fourth-order valence-electron chi connectivity index (χ4n) is 4.37. The average molecular weight is 449 g/mol. The van der Waals surface area contributed by atoms with Crippen molar-refractivity contribution in [3.05, 3.63) is 29.3 Å². The Kier molecular flexibility index (Phi) is 7.68. The van der Waals surface area contributed by atoms with Crippen molar-refractivity contribution in [2.75, 3.05) is 25.4 Å². The summed E-state index contributed by atoms with van der Waals surface area (Å²) in [5, 5.41) is 12.3. The molecule has 1 aliphatic heterocycles. The third-order valence-corrected chi connectivity index (χ3v) is 7.09. The van der Waals surface area contributed by atoms with Gasteiger partial charge in [0.25, 0.3) is 5.22 Å². The molecule has 2 heterocycles. The maximum absolute atomic E-state index is 12.3. The topological polar surface area (TPSA) is 71.3 Å². The van der Waals surface area contributed by atoms with Crippen LogP contribution < -0.4 is 5.32 Å². The van der Waals surface area contributed by atoms with Crippen LogP contribution in [0.25, 0.3) is 11.5 Å². The van der Waals surface area contributed by atoms with Crippen LogP contribution in [0, 0.1) is 5.92 Å². The van der Waals surface area contributed by atoms with Crippen molar-refractivity contribution in [3.8, 4) is 11.5 Å². The number of nitrogens with one attached hydrogen (secondary N) is 1. The number of carbonyl (C=O) groups excluding carboxylic acids is 1. The Hall–Kier alpha value is -1.57. The standard InChI is InChI=1S/C22H29ClN4O2S/c23-18-8-6-17(7-9-18)21-25-26-22(29-21)30-15-20(28)24-19-10-12-27(13-11-19)14-16-4-2-1-3-5-16/h6-9,16,19H,1-5,10-15H2,(H,24,28). The molecule has 6 nitrogen and oxygen atoms in total. The van der Waals surface area contributed by atoms with Gasteiger partial charge in [0.2, 0.25) is 11.8 Å². The molecule has 2 aromatic rings. The van der Waals surface area contributed by atoms with Crippen molar-refractivity contribution >= 4 is 29.3 Å². The summed E-state index contributed by atoms with van der Waals surface area (Å²) >= 11 is 7.17. The molecular formula is C22H29ClN4O2S. The molecule has 8 heteroatoms. The largest absolute Gasteiger partial charge is 0.411 e. The van der Waals surface area contributed by atoms with E-state index >= 15 is 0 Å². The summed E-state index contributed by atoms with van der Waals surface area (Å²) in [6.07, 6.45) is 9.06. The first-order valence-corrected chi connectivity index (χ1v) is 12.3. The van der Waals surface area contributed by atoms with Crippen LogP contribution in [0.2, 0.25) is 5.02 Å². The van der Waals surface area contributed by atoms with Crippen molar-refractivity contribution in [2.45, 2.75) is 56.2 Å². The van der Waals surface area contributed by atoms with E-state index in [2.05, 4.69) is 20.4 Å². The van der Waals surface area contributed by atoms with Crippen molar-refractivity contribution < 1.29 is 9.21 Å². The number of likely N-dealkylation sites (tertiary alicyclic amines) is 1. The molecule has 0 atom stereocenters. The third-order valence-electron chi connectivity index (χ3n) is 6.02. The number of aromatic nitrogens is 2. The molecular weight excluding hydrogens is 420 g/mol. The van der Waals surface area contributed by atoms with E-state index in [1.807, 2.05) is 12.1 Å². The Morgan fingerprint density at radius 2 is 1.83 bits per heavy atom. The number of piperidine rings is 1. The van der Waals surface area contributed by atoms with Gasteiger partial charge in [0, 0.05) is 36.3 Å². The second-order valence-electron chi connectivity index (χ2n) is 8.32. The molecule has 1 aromatic heterocycles. The summed E-state index contributed by atoms with van der Waals surface area (Å²) in [4.78, 5) is 14.9. The molecule has 0 spiro atoms. The quantitative estimate of drug-likeness (QED) is 0.622. The van der Waals surface area contributed by atoms with E-state index in [9.17, 15) is 4.79 Å². The maximum Gasteiger partial charge on any atom is 0.277 e. The van der Waals surface area contributed by atoms with Crippen LogP contribution in [-0.2, 0) is 4.79 Å². The normalized spacial score (nSPS) is 19.1. The minimum absolute atomic E-state index is 0.0250. The highest BCUT2D eigenvalue weighted by atomic mass is 35.5. The monoisotopic (exact) mass is 448 g/mol. The van der Waals surface area contributed by atoms with Crippen LogP contribution >= 0.6 is 23.4 Å². The minimum atomic E-state index is 0.0250. The van der Waals surface area contributed by atoms with Gasteiger partial charge in [-0.05, 0) is 55.9 Å². The van der Waals surface area contributed by atoms with Gasteiger partial charge in [-0.25, -0.2) is 0 Å². The van der Waals surface area contributed by atoms with Gasteiger partial charge in [0.1, 0.15) is 0 Å². The number of rotatable bonds is 7. The lowest BCUT2D eigenvalue weighted by atomic mass is 9.88. The number of hydrogen-bond donors (Lipinski definition) is 1. The summed E-state index contributed by atoms with van der Waals surface area (Å²) in [5.41, 5.74) is 0.809. The van der Waals surface area contributed by atoms with Crippen molar-refractivity contribution in [2.24, 2.45) is 5.92 Å². The number of amides is 1. The number of benzene rings is 1. The fourth-order valence-corrected chi connectivity index (χ4v) is 5.07. The minimum Gasteiger partial charge on any atom is -0.411 e. The third kappa shape index (κ3) is 6.22. The molecule has 0 bridgehead atoms. The first-order chi connectivity index (χ1) is 14.7. The number of thioether (sulfide) groups is 1. The van der Waals surface area contributed by atoms with E-state index in [-0.39, 0.29) is 17.7 Å². The Morgan fingerprint density at radius 1 is 1.10 bits per heavy atom. The van der Waals surface area contributed by atoms with Crippen LogP contribution in [0.3, 0.4) is 0 Å². The second kappa shape index (κ2) is 10.6. The number of halogens is 1. The predicted molar refractivity (Wildman–Crippen MR) is 120 cm³/mol. The zero-order chi connectivity index (χ0) is 20.8. The molecule has 1 amide bonds. The Labute approximate surface area is 187 Å². The fraction of sp³-hybridized carbons (Fsp3) is 0.591. The van der Waals surface area contributed by atoms with E-state index in [4.69, 9.17) is 16.0 Å². The lowest BCUT2D eigenvalue weighted by Crippen LogP contribution is -2.46. The van der Waals surface area contributed by atoms with Crippen LogP contribution in [0.4, 0.5) is 0 Å². The Bertz CT molecular complexity index is 815. The van der Waals surface area contributed by atoms with Gasteiger partial charge >= 0.3 is 0 Å². The molecule has 1 aromatic carbocycles. The zero-order valence-corrected chi connectivity index (χ0v) is 18.8. The van der Waals surface area contributed by atoms with Gasteiger partial charge in [-0.2, -0.15) is 0 Å². The molecule has 1 aliphatic carbocycles. The molecule has 162 valence electrons. The molecule has 1 saturated carbocycles. The predicted octanol–water partition coefficient (Wildman–Crippen LogP) is 4.64. The molecule has 2 fully saturated rings. The Morgan fingerprint density at radius 3 is 2.57 bits per heavy atom. The van der Waals surface area contributed by atoms with Crippen molar-refractivity contribution in [1.29, 1.82) is 0 Å². The highest BCUT2D eigenvalue weighted by Gasteiger charge is 2.24. The van der Waals surface area contributed by atoms with E-state index in [1.54, 1.807) is 12.1 Å². The SMILES string of the molecule is O=C(CSc1nnc(-c2ccc(Cl)cc2)o1)NC1CCN(CC2CCCCC2)CC1. The van der Waals surface area contributed by atoms with Gasteiger partial charge in [-0.15, -0.1) is 10.2 Å². The Balaban J connectivity index is 1.16. The number of hydrogen-bond acceptors (Lipinski definition) is 6. The van der Waals surface area contributed by atoms with Crippen LogP contribution in [0.15, 0.2) is 33.9 Å². The second-order valence-corrected chi connectivity index (χ2v) is 9.68. The lowest BCUT2D eigenvalue weighted by Gasteiger charge is -2.35. The molecule has 4 rings (SSSR count). The van der Waals surface area contributed by atoms with Gasteiger partial charge < -0.3 is 14.6 Å². The van der Waals surface area contributed by atoms with Crippen LogP contribution in [0.5, 0.6) is 0 Å². The molecule has 2 aliphatic rings. The molecule has 0 radical (unpaired) electrons. The maximum atomic E-state index is 12.3. The smallest absolute Gasteiger partial charge is 0.277 e. The summed E-state index contributed by atoms with van der Waals surface area (Å²) in [6.45, 7) is 3.41. The van der Waals surface area contributed by atoms with E-state index in [0.717, 1.165) is 37.4 Å². The summed E-state index contributed by atoms with van der Waals surface area (Å²) < 4.78 is 5.65. The van der Waals surface area contributed by atoms with Crippen molar-refractivity contribution in [1.82, 2.24) is 20.4 Å². The van der Waals surface area contributed by atoms with Crippen LogP contribution in [-0.4, -0.2) is 52.4 Å². The highest BCUT2D eigenvalue weighted by Crippen LogP contribution is 2.26. The van der Waals surface area contributed by atoms with Crippen LogP contribution in [0.1, 0.15) is 44.9 Å². The highest BCUT2D eigenvalue weighted by molar-refractivity contribution is 7.99. The van der Waals surface area contributed by atoms with Crippen molar-refractivity contribution in [3.63, 3.8) is 0 Å². The van der Waals surface area contributed by atoms with Gasteiger partial charge in [0.15, 0.2) is 0 Å². The number of carbonyl (C=O) groups is 1. The molecule has 1 N–H and O–H groups in total. The van der Waals surface area contributed by atoms with E-state index in [0.29, 0.717) is 16.1 Å². The van der Waals surface area contributed by atoms with Gasteiger partial charge in [-0.1, -0.05) is 42.6 Å². The lowest BCUT2D eigenvalue weighted by molar-refractivity contribution is -0.119. The van der Waals surface area contributed by atoms with Gasteiger partial charge in [0.05, 0.1) is 5.75 Å². The van der Waals surface area contributed by atoms with Gasteiger partial charge in [-0.3, -0.25) is 4.79 Å². The molecule has 1 saturated heterocycles. The molecule has 30 heavy (non-hydrogen) atoms. The average Bonchev–Trinajstić information content (AvgIpc) is 3.24. The first-order valence-electron chi connectivity index (χ1n) is 10.9. The summed E-state index contributed by atoms with van der Waals surface area (Å²) in [7, 11) is 0. The summed E-state index contributed by atoms with van der Waals surface area (Å²) in [5.74, 6) is 1.62. The number of nitrogens with zero attached hydrogens (tertiary/aromatic N) is 3. The van der Waals surface area contributed by atoms with E-state index < -0.39 is 0 Å². The summed E-state index contributed by atoms with van der Waals surface area (Å²) in [6, 6.07) is 7.49. The molecule has 0 unspecified atom stereocenters.